The molecule has 0 unspecified atom stereocenters. The number of para-hydroxylation sites is 1. The summed E-state index contributed by atoms with van der Waals surface area (Å²) in [5.41, 5.74) is 1.10. The minimum atomic E-state index is 0.0317. The van der Waals surface area contributed by atoms with Crippen molar-refractivity contribution in [1.82, 2.24) is 0 Å². The highest BCUT2D eigenvalue weighted by Gasteiger charge is 2.22. The minimum Gasteiger partial charge on any atom is -0.496 e. The van der Waals surface area contributed by atoms with Crippen LogP contribution in [0.4, 0.5) is 0 Å². The predicted molar refractivity (Wildman–Crippen MR) is 74.5 cm³/mol. The first-order valence-electron chi connectivity index (χ1n) is 6.27. The molecule has 0 N–H and O–H groups in total. The number of halogens is 1. The molecular weight excluding hydrogens is 296 g/mol. The van der Waals surface area contributed by atoms with Gasteiger partial charge in [-0.2, -0.15) is 0 Å². The van der Waals surface area contributed by atoms with Crippen LogP contribution >= 0.6 is 15.9 Å². The molecule has 3 nitrogen and oxygen atoms in total. The zero-order valence-electron chi connectivity index (χ0n) is 10.6. The third-order valence-electron chi connectivity index (χ3n) is 3.15. The van der Waals surface area contributed by atoms with Gasteiger partial charge in [-0.1, -0.05) is 34.1 Å². The molecule has 0 amide bonds. The maximum atomic E-state index is 6.16. The van der Waals surface area contributed by atoms with Gasteiger partial charge in [-0.3, -0.25) is 0 Å². The Morgan fingerprint density at radius 3 is 2.72 bits per heavy atom. The van der Waals surface area contributed by atoms with E-state index in [4.69, 9.17) is 14.2 Å². The van der Waals surface area contributed by atoms with Crippen LogP contribution < -0.4 is 4.74 Å². The largest absolute Gasteiger partial charge is 0.496 e. The lowest BCUT2D eigenvalue weighted by molar-refractivity contribution is -0.0621. The molecule has 100 valence electrons. The summed E-state index contributed by atoms with van der Waals surface area (Å²) in [4.78, 5) is 0. The molecule has 1 atom stereocenters. The van der Waals surface area contributed by atoms with Gasteiger partial charge in [-0.25, -0.2) is 0 Å². The maximum absolute atomic E-state index is 6.16. The molecule has 1 aromatic carbocycles. The zero-order valence-corrected chi connectivity index (χ0v) is 12.2. The number of methoxy groups -OCH3 is 1. The standard InChI is InChI=1S/C14H19BrO3/c1-16-13-5-3-2-4-12(13)14(10-15)18-11-6-8-17-9-7-11/h2-5,11,14H,6-10H2,1H3/t14-/m1/s1. The molecule has 1 aliphatic rings. The van der Waals surface area contributed by atoms with E-state index < -0.39 is 0 Å². The molecule has 1 aromatic rings. The van der Waals surface area contributed by atoms with Gasteiger partial charge in [-0.05, 0) is 18.9 Å². The van der Waals surface area contributed by atoms with Gasteiger partial charge in [0.15, 0.2) is 0 Å². The Labute approximate surface area is 117 Å². The second-order valence-corrected chi connectivity index (χ2v) is 4.98. The molecule has 18 heavy (non-hydrogen) atoms. The molecule has 1 heterocycles. The Bertz CT molecular complexity index is 364. The van der Waals surface area contributed by atoms with Crippen LogP contribution in [0.1, 0.15) is 24.5 Å². The molecule has 2 rings (SSSR count). The molecule has 1 saturated heterocycles. The molecule has 0 saturated carbocycles. The van der Waals surface area contributed by atoms with Gasteiger partial charge >= 0.3 is 0 Å². The number of benzene rings is 1. The summed E-state index contributed by atoms with van der Waals surface area (Å²) in [5.74, 6) is 0.883. The Hall–Kier alpha value is -0.580. The summed E-state index contributed by atoms with van der Waals surface area (Å²) in [6, 6.07) is 8.02. The molecule has 1 aliphatic heterocycles. The first-order chi connectivity index (χ1) is 8.85. The average Bonchev–Trinajstić information content (AvgIpc) is 2.46. The van der Waals surface area contributed by atoms with Crippen molar-refractivity contribution >= 4 is 15.9 Å². The topological polar surface area (TPSA) is 27.7 Å². The van der Waals surface area contributed by atoms with Gasteiger partial charge in [0.05, 0.1) is 19.3 Å². The second-order valence-electron chi connectivity index (χ2n) is 4.33. The Morgan fingerprint density at radius 2 is 2.06 bits per heavy atom. The Kier molecular flexibility index (Phi) is 5.47. The predicted octanol–water partition coefficient (Wildman–Crippen LogP) is 3.33. The summed E-state index contributed by atoms with van der Waals surface area (Å²) in [5, 5.41) is 0.769. The quantitative estimate of drug-likeness (QED) is 0.780. The van der Waals surface area contributed by atoms with E-state index >= 15 is 0 Å². The van der Waals surface area contributed by atoms with Crippen molar-refractivity contribution in [2.24, 2.45) is 0 Å². The van der Waals surface area contributed by atoms with E-state index in [1.165, 1.54) is 0 Å². The molecule has 0 spiro atoms. The van der Waals surface area contributed by atoms with E-state index in [0.29, 0.717) is 0 Å². The lowest BCUT2D eigenvalue weighted by Gasteiger charge is -2.27. The van der Waals surface area contributed by atoms with Gasteiger partial charge in [-0.15, -0.1) is 0 Å². The smallest absolute Gasteiger partial charge is 0.124 e. The number of hydrogen-bond donors (Lipinski definition) is 0. The molecule has 4 heteroatoms. The maximum Gasteiger partial charge on any atom is 0.124 e. The first kappa shape index (κ1) is 13.8. The fourth-order valence-electron chi connectivity index (χ4n) is 2.17. The van der Waals surface area contributed by atoms with Crippen LogP contribution in [-0.2, 0) is 9.47 Å². The van der Waals surface area contributed by atoms with Crippen molar-refractivity contribution in [3.05, 3.63) is 29.8 Å². The fourth-order valence-corrected chi connectivity index (χ4v) is 2.67. The van der Waals surface area contributed by atoms with Gasteiger partial charge in [0, 0.05) is 24.1 Å². The van der Waals surface area contributed by atoms with Gasteiger partial charge < -0.3 is 14.2 Å². The van der Waals surface area contributed by atoms with Gasteiger partial charge in [0.25, 0.3) is 0 Å². The van der Waals surface area contributed by atoms with E-state index in [0.717, 1.165) is 42.7 Å². The van der Waals surface area contributed by atoms with Crippen LogP contribution in [0.2, 0.25) is 0 Å². The molecule has 0 bridgehead atoms. The number of ether oxygens (including phenoxy) is 3. The van der Waals surface area contributed by atoms with Crippen molar-refractivity contribution in [2.45, 2.75) is 25.0 Å². The van der Waals surface area contributed by atoms with Crippen molar-refractivity contribution < 1.29 is 14.2 Å². The molecule has 0 aromatic heterocycles. The minimum absolute atomic E-state index is 0.0317. The summed E-state index contributed by atoms with van der Waals surface area (Å²) in [7, 11) is 1.69. The van der Waals surface area contributed by atoms with E-state index in [-0.39, 0.29) is 12.2 Å². The van der Waals surface area contributed by atoms with Crippen LogP contribution in [0.25, 0.3) is 0 Å². The third-order valence-corrected chi connectivity index (χ3v) is 3.74. The van der Waals surface area contributed by atoms with E-state index in [2.05, 4.69) is 22.0 Å². The van der Waals surface area contributed by atoms with Crippen molar-refractivity contribution in [2.75, 3.05) is 25.7 Å². The fraction of sp³-hybridized carbons (Fsp3) is 0.571. The molecule has 0 radical (unpaired) electrons. The Balaban J connectivity index is 2.07. The summed E-state index contributed by atoms with van der Waals surface area (Å²) in [6.07, 6.45) is 2.26. The number of rotatable bonds is 5. The average molecular weight is 315 g/mol. The lowest BCUT2D eigenvalue weighted by Crippen LogP contribution is -2.26. The third kappa shape index (κ3) is 3.46. The van der Waals surface area contributed by atoms with E-state index in [1.54, 1.807) is 7.11 Å². The van der Waals surface area contributed by atoms with Crippen LogP contribution in [-0.4, -0.2) is 31.8 Å². The SMILES string of the molecule is COc1ccccc1[C@@H](CBr)OC1CCOCC1. The molecule has 0 aliphatic carbocycles. The summed E-state index contributed by atoms with van der Waals surface area (Å²) < 4.78 is 16.9. The monoisotopic (exact) mass is 314 g/mol. The Morgan fingerprint density at radius 1 is 1.33 bits per heavy atom. The van der Waals surface area contributed by atoms with Crippen molar-refractivity contribution in [1.29, 1.82) is 0 Å². The van der Waals surface area contributed by atoms with Crippen molar-refractivity contribution in [3.63, 3.8) is 0 Å². The van der Waals surface area contributed by atoms with Crippen LogP contribution in [0.15, 0.2) is 24.3 Å². The van der Waals surface area contributed by atoms with Gasteiger partial charge in [0.2, 0.25) is 0 Å². The van der Waals surface area contributed by atoms with Crippen LogP contribution in [0.5, 0.6) is 5.75 Å². The normalized spacial score (nSPS) is 18.6. The van der Waals surface area contributed by atoms with E-state index in [1.807, 2.05) is 18.2 Å². The van der Waals surface area contributed by atoms with Crippen LogP contribution in [0, 0.1) is 0 Å². The highest BCUT2D eigenvalue weighted by molar-refractivity contribution is 9.09. The zero-order chi connectivity index (χ0) is 12.8. The lowest BCUT2D eigenvalue weighted by atomic mass is 10.1. The first-order valence-corrected chi connectivity index (χ1v) is 7.39. The second kappa shape index (κ2) is 7.12. The van der Waals surface area contributed by atoms with E-state index in [9.17, 15) is 0 Å². The molecule has 1 fully saturated rings. The van der Waals surface area contributed by atoms with Crippen LogP contribution in [0.3, 0.4) is 0 Å². The summed E-state index contributed by atoms with van der Waals surface area (Å²) in [6.45, 7) is 1.59. The highest BCUT2D eigenvalue weighted by atomic mass is 79.9. The number of alkyl halides is 1. The highest BCUT2D eigenvalue weighted by Crippen LogP contribution is 2.31. The van der Waals surface area contributed by atoms with Crippen molar-refractivity contribution in [3.8, 4) is 5.75 Å². The molecular formula is C14H19BrO3. The summed E-state index contributed by atoms with van der Waals surface area (Å²) >= 11 is 3.53. The van der Waals surface area contributed by atoms with Gasteiger partial charge in [0.1, 0.15) is 5.75 Å². The number of hydrogen-bond acceptors (Lipinski definition) is 3.